The summed E-state index contributed by atoms with van der Waals surface area (Å²) in [6.07, 6.45) is 8.18. The topological polar surface area (TPSA) is 118 Å². The highest BCUT2D eigenvalue weighted by atomic mass is 79.9. The Labute approximate surface area is 519 Å². The maximum Gasteiger partial charge on any atom is 0.306 e. The van der Waals surface area contributed by atoms with Gasteiger partial charge in [0, 0.05) is 24.0 Å². The fourth-order valence-electron chi connectivity index (χ4n) is 9.39. The predicted octanol–water partition coefficient (Wildman–Crippen LogP) is 8.07. The summed E-state index contributed by atoms with van der Waals surface area (Å²) in [4.78, 5) is 44.2. The maximum absolute atomic E-state index is 12.4. The van der Waals surface area contributed by atoms with E-state index in [0.29, 0.717) is 17.5 Å². The fraction of sp³-hybridized carbons (Fsp3) is 0.212. The molecule has 0 aliphatic rings. The molecule has 0 aromatic heterocycles. The molecule has 0 aliphatic heterocycles. The Hall–Kier alpha value is -5.02. The molecule has 424 valence electrons. The largest absolute Gasteiger partial charge is 1.00 e. The van der Waals surface area contributed by atoms with Gasteiger partial charge in [0.1, 0.15) is 53.0 Å². The molecule has 8 aromatic rings. The number of hydrogen-bond donors (Lipinski definition) is 2. The van der Waals surface area contributed by atoms with Crippen molar-refractivity contribution < 1.29 is 68.1 Å². The highest BCUT2D eigenvalue weighted by Crippen LogP contribution is 2.57. The van der Waals surface area contributed by atoms with Crippen LogP contribution in [0.3, 0.4) is 0 Å². The molecule has 15 heteroatoms. The number of carbonyl (C=O) groups excluding carboxylic acids is 3. The molecule has 8 aromatic carbocycles. The first-order chi connectivity index (χ1) is 38.4. The van der Waals surface area contributed by atoms with Crippen molar-refractivity contribution in [1.29, 1.82) is 0 Å². The van der Waals surface area contributed by atoms with Crippen molar-refractivity contribution in [2.24, 2.45) is 0 Å². The summed E-state index contributed by atoms with van der Waals surface area (Å²) in [5.41, 5.74) is 2.44. The zero-order valence-corrected chi connectivity index (χ0v) is 52.7. The van der Waals surface area contributed by atoms with E-state index in [1.807, 2.05) is 0 Å². The monoisotopic (exact) mass is 1330 g/mol. The highest BCUT2D eigenvalue weighted by molar-refractivity contribution is 7.96. The number of unbranched alkanes of at least 4 members (excludes halogenated alkanes) is 4. The lowest BCUT2D eigenvalue weighted by Gasteiger charge is -2.27. The van der Waals surface area contributed by atoms with Crippen molar-refractivity contribution in [3.05, 3.63) is 253 Å². The van der Waals surface area contributed by atoms with E-state index in [-0.39, 0.29) is 71.1 Å². The van der Waals surface area contributed by atoms with E-state index >= 15 is 0 Å². The Bertz CT molecular complexity index is 2890. The first-order valence-corrected chi connectivity index (χ1v) is 32.0. The molecule has 0 aliphatic carbocycles. The molecular weight excluding hydrogens is 1270 g/mol. The SMILES string of the molecule is O=C(CCCCC[P+](c1ccccc1)(c1ccccc1)c1ccccc1)OCc1ccc(C(=O)C(Cl)Cl)cc1.O=C(O)CCCCC[P+](c1ccccc1)(c1ccccc1)c1ccccc1.O=C(c1ccc(CO)cc1)C(Cl)Cl.[Br-].[Br-]. The van der Waals surface area contributed by atoms with Crippen LogP contribution < -0.4 is 65.8 Å². The van der Waals surface area contributed by atoms with Gasteiger partial charge in [0.05, 0.1) is 18.9 Å². The van der Waals surface area contributed by atoms with Crippen LogP contribution in [0.25, 0.3) is 0 Å². The molecule has 7 nitrogen and oxygen atoms in total. The van der Waals surface area contributed by atoms with Crippen LogP contribution in [0.2, 0.25) is 0 Å². The standard InChI is InChI=1S/C33H32Cl2O3P.C24H25O2P.C9H8Cl2O2.2BrH/c34-33(35)32(37)27-22-20-26(21-23-27)25-38-31(36)19-11-4-12-24-39(28-13-5-1-6-14-28,29-15-7-2-8-16-29)30-17-9-3-10-18-30;25-24(26)19-11-4-12-20-27(21-13-5-1-6-14-21,22-15-7-2-8-16-22)23-17-9-3-10-18-23;10-9(11)8(13)7-3-1-6(5-12)2-4-7;;/h1-3,5-10,13-18,20-23,33H,4,11-12,19,24-25H2;1-3,5-10,13-18H,4,11-12,19-20H2;1-4,9,12H,5H2;2*1H/q+1;;;;/p-1. The molecule has 0 bridgehead atoms. The minimum absolute atomic E-state index is 0. The van der Waals surface area contributed by atoms with Crippen molar-refractivity contribution in [2.75, 3.05) is 12.3 Å². The Morgan fingerprint density at radius 1 is 0.383 bits per heavy atom. The lowest BCUT2D eigenvalue weighted by molar-refractivity contribution is -0.145. The molecule has 0 unspecified atom stereocenters. The zero-order chi connectivity index (χ0) is 56.3. The van der Waals surface area contributed by atoms with Gasteiger partial charge < -0.3 is 48.9 Å². The van der Waals surface area contributed by atoms with Crippen LogP contribution in [0.1, 0.15) is 83.2 Å². The first-order valence-electron chi connectivity index (χ1n) is 26.3. The molecule has 2 N–H and O–H groups in total. The van der Waals surface area contributed by atoms with Crippen LogP contribution in [0, 0.1) is 0 Å². The summed E-state index contributed by atoms with van der Waals surface area (Å²) in [6, 6.07) is 78.3. The quantitative estimate of drug-likeness (QED) is 0.0196. The van der Waals surface area contributed by atoms with Crippen molar-refractivity contribution in [3.63, 3.8) is 0 Å². The molecule has 81 heavy (non-hydrogen) atoms. The molecule has 0 fully saturated rings. The molecule has 0 amide bonds. The molecule has 0 atom stereocenters. The number of carboxylic acids is 1. The Morgan fingerprint density at radius 3 is 0.938 bits per heavy atom. The fourth-order valence-corrected chi connectivity index (χ4v) is 18.7. The number of halogens is 6. The van der Waals surface area contributed by atoms with E-state index in [0.717, 1.165) is 62.0 Å². The van der Waals surface area contributed by atoms with Crippen LogP contribution in [-0.2, 0) is 27.5 Å². The van der Waals surface area contributed by atoms with E-state index in [1.54, 1.807) is 48.5 Å². The molecule has 0 saturated heterocycles. The average molecular weight is 1330 g/mol. The van der Waals surface area contributed by atoms with Gasteiger partial charge in [-0.1, -0.05) is 204 Å². The Morgan fingerprint density at radius 2 is 0.667 bits per heavy atom. The van der Waals surface area contributed by atoms with E-state index < -0.39 is 30.2 Å². The number of ketones is 2. The number of carboxylic acid groups (broad SMARTS) is 1. The second-order valence-corrected chi connectivity index (χ2v) is 28.1. The molecule has 8 rings (SSSR count). The van der Waals surface area contributed by atoms with Crippen molar-refractivity contribution in [2.45, 2.75) is 74.3 Å². The van der Waals surface area contributed by atoms with E-state index in [1.165, 1.54) is 31.8 Å². The number of Topliss-reactive ketones (excluding diaryl/α,β-unsaturated/α-hetero) is 2. The van der Waals surface area contributed by atoms with Gasteiger partial charge >= 0.3 is 11.9 Å². The van der Waals surface area contributed by atoms with Gasteiger partial charge in [0.15, 0.2) is 21.2 Å². The van der Waals surface area contributed by atoms with Crippen molar-refractivity contribution in [3.8, 4) is 0 Å². The van der Waals surface area contributed by atoms with E-state index in [2.05, 4.69) is 182 Å². The number of aliphatic hydroxyl groups excluding tert-OH is 1. The molecule has 0 radical (unpaired) electrons. The van der Waals surface area contributed by atoms with Crippen molar-refractivity contribution >= 4 is 116 Å². The van der Waals surface area contributed by atoms with Gasteiger partial charge in [0.2, 0.25) is 0 Å². The third-order valence-corrected chi connectivity index (χ3v) is 23.2. The van der Waals surface area contributed by atoms with Gasteiger partial charge in [-0.3, -0.25) is 19.2 Å². The van der Waals surface area contributed by atoms with Crippen LogP contribution in [0.5, 0.6) is 0 Å². The number of ether oxygens (including phenoxy) is 1. The van der Waals surface area contributed by atoms with Gasteiger partial charge in [-0.15, -0.1) is 0 Å². The average Bonchev–Trinajstić information content (AvgIpc) is 3.53. The zero-order valence-electron chi connectivity index (χ0n) is 44.7. The molecular formula is C66H66Br2Cl4O7P2. The second-order valence-electron chi connectivity index (χ2n) is 18.6. The number of rotatable bonds is 25. The third kappa shape index (κ3) is 20.4. The van der Waals surface area contributed by atoms with Crippen LogP contribution in [0.4, 0.5) is 0 Å². The third-order valence-electron chi connectivity index (χ3n) is 13.4. The summed E-state index contributed by atoms with van der Waals surface area (Å²) < 4.78 is 5.46. The second kappa shape index (κ2) is 36.5. The van der Waals surface area contributed by atoms with E-state index in [9.17, 15) is 19.2 Å². The Kier molecular flexibility index (Phi) is 30.9. The molecule has 0 saturated carbocycles. The summed E-state index contributed by atoms with van der Waals surface area (Å²) in [5.74, 6) is -1.59. The summed E-state index contributed by atoms with van der Waals surface area (Å²) in [6.45, 7) is 0.128. The number of carbonyl (C=O) groups is 4. The van der Waals surface area contributed by atoms with Crippen LogP contribution in [0.15, 0.2) is 231 Å². The number of aliphatic hydroxyl groups is 1. The number of aliphatic carboxylic acids is 1. The van der Waals surface area contributed by atoms with E-state index in [4.69, 9.17) is 61.4 Å². The lowest BCUT2D eigenvalue weighted by atomic mass is 10.1. The maximum atomic E-state index is 12.4. The predicted molar refractivity (Wildman–Crippen MR) is 333 cm³/mol. The Balaban J connectivity index is 0.000000290. The number of esters is 1. The molecule has 0 heterocycles. The van der Waals surface area contributed by atoms with Gasteiger partial charge in [0.25, 0.3) is 0 Å². The summed E-state index contributed by atoms with van der Waals surface area (Å²) >= 11 is 22.1. The molecule has 0 spiro atoms. The lowest BCUT2D eigenvalue weighted by Crippen LogP contribution is -3.00. The number of benzene rings is 8. The summed E-state index contributed by atoms with van der Waals surface area (Å²) in [5, 5.41) is 26.0. The van der Waals surface area contributed by atoms with Crippen molar-refractivity contribution in [1.82, 2.24) is 0 Å². The van der Waals surface area contributed by atoms with Gasteiger partial charge in [-0.05, 0) is 122 Å². The first kappa shape index (κ1) is 68.5. The smallest absolute Gasteiger partial charge is 0.306 e. The van der Waals surface area contributed by atoms with Gasteiger partial charge in [-0.25, -0.2) is 0 Å². The van der Waals surface area contributed by atoms with Crippen LogP contribution in [-0.4, -0.2) is 55.7 Å². The summed E-state index contributed by atoms with van der Waals surface area (Å²) in [7, 11) is -3.61. The van der Waals surface area contributed by atoms with Gasteiger partial charge in [-0.2, -0.15) is 0 Å². The normalized spacial score (nSPS) is 10.9. The minimum atomic E-state index is -1.84. The van der Waals surface area contributed by atoms with Crippen LogP contribution >= 0.6 is 60.9 Å². The number of alkyl halides is 4. The highest BCUT2D eigenvalue weighted by Gasteiger charge is 2.45. The number of hydrogen-bond acceptors (Lipinski definition) is 6. The minimum Gasteiger partial charge on any atom is -1.00 e.